The summed E-state index contributed by atoms with van der Waals surface area (Å²) in [4.78, 5) is 2.63. The Morgan fingerprint density at radius 1 is 1.43 bits per heavy atom. The summed E-state index contributed by atoms with van der Waals surface area (Å²) >= 11 is 9.90. The third-order valence-electron chi connectivity index (χ3n) is 5.13. The van der Waals surface area contributed by atoms with Crippen molar-refractivity contribution in [3.05, 3.63) is 33.3 Å². The highest BCUT2D eigenvalue weighted by atomic mass is 79.9. The van der Waals surface area contributed by atoms with Crippen molar-refractivity contribution in [1.82, 2.24) is 10.2 Å². The van der Waals surface area contributed by atoms with Crippen LogP contribution in [0, 0.1) is 5.92 Å². The van der Waals surface area contributed by atoms with Gasteiger partial charge in [0.05, 0.1) is 0 Å². The molecule has 0 bridgehead atoms. The maximum absolute atomic E-state index is 6.41. The molecule has 1 N–H and O–H groups in total. The first-order valence-corrected chi connectivity index (χ1v) is 9.12. The number of piperazine rings is 1. The van der Waals surface area contributed by atoms with Crippen LogP contribution in [-0.2, 0) is 6.54 Å². The van der Waals surface area contributed by atoms with Gasteiger partial charge in [-0.05, 0) is 49.8 Å². The topological polar surface area (TPSA) is 15.3 Å². The number of benzene rings is 1. The van der Waals surface area contributed by atoms with E-state index in [0.717, 1.165) is 35.0 Å². The van der Waals surface area contributed by atoms with E-state index >= 15 is 0 Å². The molecule has 2 unspecified atom stereocenters. The van der Waals surface area contributed by atoms with Gasteiger partial charge in [-0.25, -0.2) is 0 Å². The molecule has 2 nitrogen and oxygen atoms in total. The molecule has 0 spiro atoms. The van der Waals surface area contributed by atoms with Crippen LogP contribution in [0.25, 0.3) is 0 Å². The number of hydrogen-bond acceptors (Lipinski definition) is 2. The van der Waals surface area contributed by atoms with Crippen molar-refractivity contribution >= 4 is 27.5 Å². The lowest BCUT2D eigenvalue weighted by molar-refractivity contribution is 0.0666. The zero-order valence-corrected chi connectivity index (χ0v) is 15.2. The summed E-state index contributed by atoms with van der Waals surface area (Å²) in [5.74, 6) is 0.859. The lowest BCUT2D eigenvalue weighted by atomic mass is 9.90. The first-order chi connectivity index (χ1) is 10.0. The molecule has 4 heteroatoms. The monoisotopic (exact) mass is 370 g/mol. The van der Waals surface area contributed by atoms with Crippen LogP contribution in [0.2, 0.25) is 5.02 Å². The van der Waals surface area contributed by atoms with E-state index in [-0.39, 0.29) is 5.54 Å². The van der Waals surface area contributed by atoms with E-state index in [0.29, 0.717) is 6.04 Å². The lowest BCUT2D eigenvalue weighted by Crippen LogP contribution is -2.63. The largest absolute Gasteiger partial charge is 0.308 e. The van der Waals surface area contributed by atoms with Crippen LogP contribution in [-0.4, -0.2) is 29.6 Å². The van der Waals surface area contributed by atoms with Gasteiger partial charge >= 0.3 is 0 Å². The van der Waals surface area contributed by atoms with E-state index in [1.165, 1.54) is 24.8 Å². The summed E-state index contributed by atoms with van der Waals surface area (Å²) in [7, 11) is 0. The van der Waals surface area contributed by atoms with Gasteiger partial charge in [0.1, 0.15) is 0 Å². The fourth-order valence-corrected chi connectivity index (χ4v) is 4.27. The van der Waals surface area contributed by atoms with Crippen LogP contribution < -0.4 is 5.32 Å². The number of nitrogens with one attached hydrogen (secondary N) is 1. The molecule has 0 amide bonds. The molecular formula is C17H24BrClN2. The Bertz CT molecular complexity index is 518. The number of halogens is 2. The summed E-state index contributed by atoms with van der Waals surface area (Å²) in [6, 6.07) is 6.84. The van der Waals surface area contributed by atoms with Gasteiger partial charge in [-0.1, -0.05) is 40.5 Å². The highest BCUT2D eigenvalue weighted by molar-refractivity contribution is 9.10. The van der Waals surface area contributed by atoms with Crippen LogP contribution in [0.5, 0.6) is 0 Å². The minimum absolute atomic E-state index is 0.285. The predicted molar refractivity (Wildman–Crippen MR) is 92.8 cm³/mol. The molecule has 1 aromatic carbocycles. The predicted octanol–water partition coefficient (Wildman–Crippen LogP) is 4.46. The van der Waals surface area contributed by atoms with Crippen molar-refractivity contribution < 1.29 is 0 Å². The fourth-order valence-electron chi connectivity index (χ4n) is 3.54. The molecule has 2 aliphatic rings. The Morgan fingerprint density at radius 3 is 2.81 bits per heavy atom. The van der Waals surface area contributed by atoms with Gasteiger partial charge in [0.25, 0.3) is 0 Å². The molecule has 0 radical (unpaired) electrons. The van der Waals surface area contributed by atoms with E-state index < -0.39 is 0 Å². The third-order valence-corrected chi connectivity index (χ3v) is 5.97. The van der Waals surface area contributed by atoms with Crippen molar-refractivity contribution in [2.45, 2.75) is 51.2 Å². The van der Waals surface area contributed by atoms with Gasteiger partial charge in [0.15, 0.2) is 0 Å². The molecule has 2 atom stereocenters. The average molecular weight is 372 g/mol. The molecule has 0 aromatic heterocycles. The molecule has 21 heavy (non-hydrogen) atoms. The lowest BCUT2D eigenvalue weighted by Gasteiger charge is -2.46. The zero-order chi connectivity index (χ0) is 15.0. The molecular weight excluding hydrogens is 348 g/mol. The van der Waals surface area contributed by atoms with Crippen LogP contribution in [0.3, 0.4) is 0 Å². The van der Waals surface area contributed by atoms with Crippen molar-refractivity contribution in [3.8, 4) is 0 Å². The minimum atomic E-state index is 0.285. The zero-order valence-electron chi connectivity index (χ0n) is 12.8. The summed E-state index contributed by atoms with van der Waals surface area (Å²) < 4.78 is 1.05. The first kappa shape index (κ1) is 15.8. The number of rotatable bonds is 4. The molecule has 1 saturated heterocycles. The minimum Gasteiger partial charge on any atom is -0.308 e. The Hall–Kier alpha value is -0.0900. The Balaban J connectivity index is 1.76. The van der Waals surface area contributed by atoms with Gasteiger partial charge in [-0.15, -0.1) is 0 Å². The molecule has 1 aliphatic heterocycles. The second-order valence-corrected chi connectivity index (χ2v) is 8.10. The highest BCUT2D eigenvalue weighted by Crippen LogP contribution is 2.41. The van der Waals surface area contributed by atoms with E-state index in [2.05, 4.69) is 52.1 Å². The number of nitrogens with zero attached hydrogens (tertiary/aromatic N) is 1. The average Bonchev–Trinajstić information content (AvgIpc) is 3.27. The van der Waals surface area contributed by atoms with Crippen LogP contribution in [0.15, 0.2) is 22.7 Å². The maximum Gasteiger partial charge on any atom is 0.0462 e. The van der Waals surface area contributed by atoms with Gasteiger partial charge in [0, 0.05) is 40.7 Å². The molecule has 1 heterocycles. The fraction of sp³-hybridized carbons (Fsp3) is 0.647. The van der Waals surface area contributed by atoms with Gasteiger partial charge in [-0.2, -0.15) is 0 Å². The normalized spacial score (nSPS) is 30.6. The highest BCUT2D eigenvalue weighted by Gasteiger charge is 2.45. The summed E-state index contributed by atoms with van der Waals surface area (Å²) in [6.45, 7) is 7.85. The van der Waals surface area contributed by atoms with Crippen molar-refractivity contribution in [2.75, 3.05) is 13.1 Å². The SMILES string of the molecule is CCC1CNC(C)(C2CC2)CN1Cc1ccc(Br)cc1Cl. The van der Waals surface area contributed by atoms with Crippen molar-refractivity contribution in [3.63, 3.8) is 0 Å². The Labute approximate surface area is 141 Å². The maximum atomic E-state index is 6.41. The smallest absolute Gasteiger partial charge is 0.0462 e. The molecule has 116 valence electrons. The third kappa shape index (κ3) is 3.47. The van der Waals surface area contributed by atoms with Gasteiger partial charge in [-0.3, -0.25) is 4.90 Å². The van der Waals surface area contributed by atoms with Gasteiger partial charge < -0.3 is 5.32 Å². The van der Waals surface area contributed by atoms with Crippen LogP contribution >= 0.6 is 27.5 Å². The van der Waals surface area contributed by atoms with Crippen molar-refractivity contribution in [1.29, 1.82) is 0 Å². The van der Waals surface area contributed by atoms with Gasteiger partial charge in [0.2, 0.25) is 0 Å². The summed E-state index contributed by atoms with van der Waals surface area (Å²) in [5, 5.41) is 4.68. The summed E-state index contributed by atoms with van der Waals surface area (Å²) in [5.41, 5.74) is 1.52. The molecule has 1 aromatic rings. The Morgan fingerprint density at radius 2 is 2.19 bits per heavy atom. The molecule has 1 aliphatic carbocycles. The van der Waals surface area contributed by atoms with E-state index in [4.69, 9.17) is 11.6 Å². The van der Waals surface area contributed by atoms with E-state index in [1.54, 1.807) is 0 Å². The second kappa shape index (κ2) is 6.19. The standard InChI is InChI=1S/C17H24BrClN2/c1-3-15-9-20-17(2,13-5-6-13)11-21(15)10-12-4-7-14(18)8-16(12)19/h4,7-8,13,15,20H,3,5-6,9-11H2,1-2H3. The van der Waals surface area contributed by atoms with Crippen molar-refractivity contribution in [2.24, 2.45) is 5.92 Å². The van der Waals surface area contributed by atoms with E-state index in [9.17, 15) is 0 Å². The molecule has 3 rings (SSSR count). The first-order valence-electron chi connectivity index (χ1n) is 7.95. The van der Waals surface area contributed by atoms with Crippen LogP contribution in [0.1, 0.15) is 38.7 Å². The molecule has 2 fully saturated rings. The van der Waals surface area contributed by atoms with Crippen LogP contribution in [0.4, 0.5) is 0 Å². The van der Waals surface area contributed by atoms with E-state index in [1.807, 2.05) is 6.07 Å². The molecule has 1 saturated carbocycles. The quantitative estimate of drug-likeness (QED) is 0.841. The Kier molecular flexibility index (Phi) is 4.66. The number of hydrogen-bond donors (Lipinski definition) is 1. The summed E-state index contributed by atoms with van der Waals surface area (Å²) in [6.07, 6.45) is 3.95. The second-order valence-electron chi connectivity index (χ2n) is 6.78.